The number of hydrogen-bond acceptors (Lipinski definition) is 7. The van der Waals surface area contributed by atoms with Gasteiger partial charge in [-0.2, -0.15) is 0 Å². The van der Waals surface area contributed by atoms with Crippen molar-refractivity contribution in [2.45, 2.75) is 43.7 Å². The number of piperidine rings is 1. The Morgan fingerprint density at radius 2 is 1.94 bits per heavy atom. The van der Waals surface area contributed by atoms with Gasteiger partial charge in [0.25, 0.3) is 0 Å². The second-order valence-electron chi connectivity index (χ2n) is 8.09. The third-order valence-corrected chi connectivity index (χ3v) is 6.39. The Morgan fingerprint density at radius 1 is 1.12 bits per heavy atom. The van der Waals surface area contributed by atoms with Gasteiger partial charge in [-0.15, -0.1) is 10.2 Å². The first-order valence-electron chi connectivity index (χ1n) is 11.2. The van der Waals surface area contributed by atoms with Crippen LogP contribution < -0.4 is 20.3 Å². The van der Waals surface area contributed by atoms with E-state index in [0.717, 1.165) is 49.5 Å². The van der Waals surface area contributed by atoms with Crippen LogP contribution in [-0.4, -0.2) is 53.5 Å². The number of nitrogens with zero attached hydrogens (tertiary/aromatic N) is 3. The zero-order chi connectivity index (χ0) is 22.3. The topological polar surface area (TPSA) is 96.5 Å². The highest BCUT2D eigenvalue weighted by molar-refractivity contribution is 7.99. The minimum atomic E-state index is -0.106. The molecule has 1 aromatic heterocycles. The molecule has 2 heterocycles. The smallest absolute Gasteiger partial charge is 0.234 e. The van der Waals surface area contributed by atoms with Gasteiger partial charge in [0.2, 0.25) is 11.8 Å². The molecule has 2 N–H and O–H groups in total. The molecule has 8 nitrogen and oxygen atoms in total. The maximum Gasteiger partial charge on any atom is 0.234 e. The molecule has 2 aromatic rings. The lowest BCUT2D eigenvalue weighted by Gasteiger charge is -2.32. The number of carbonyl (C=O) groups is 2. The highest BCUT2D eigenvalue weighted by Gasteiger charge is 2.30. The van der Waals surface area contributed by atoms with E-state index < -0.39 is 0 Å². The summed E-state index contributed by atoms with van der Waals surface area (Å²) < 4.78 is 5.40. The van der Waals surface area contributed by atoms with Gasteiger partial charge in [0, 0.05) is 24.8 Å². The lowest BCUT2D eigenvalue weighted by molar-refractivity contribution is -0.125. The van der Waals surface area contributed by atoms with E-state index in [4.69, 9.17) is 4.74 Å². The molecule has 2 aliphatic rings. The molecule has 1 saturated heterocycles. The molecule has 9 heteroatoms. The largest absolute Gasteiger partial charge is 0.494 e. The number of anilines is 2. The summed E-state index contributed by atoms with van der Waals surface area (Å²) in [6.45, 7) is 4.08. The van der Waals surface area contributed by atoms with Crippen LogP contribution in [0.4, 0.5) is 11.5 Å². The first-order chi connectivity index (χ1) is 15.6. The van der Waals surface area contributed by atoms with E-state index in [9.17, 15) is 9.59 Å². The molecule has 1 saturated carbocycles. The Hall–Kier alpha value is -2.81. The summed E-state index contributed by atoms with van der Waals surface area (Å²) in [4.78, 5) is 26.7. The number of thioether (sulfide) groups is 1. The highest BCUT2D eigenvalue weighted by atomic mass is 32.2. The number of rotatable bonds is 9. The normalized spacial score (nSPS) is 18.2. The van der Waals surface area contributed by atoms with Crippen molar-refractivity contribution < 1.29 is 14.3 Å². The summed E-state index contributed by atoms with van der Waals surface area (Å²) in [6.07, 6.45) is 4.09. The summed E-state index contributed by atoms with van der Waals surface area (Å²) in [6, 6.07) is 11.5. The lowest BCUT2D eigenvalue weighted by atomic mass is 9.97. The molecule has 2 amide bonds. The average Bonchev–Trinajstić information content (AvgIpc) is 3.64. The van der Waals surface area contributed by atoms with Crippen molar-refractivity contribution >= 4 is 35.1 Å². The van der Waals surface area contributed by atoms with E-state index in [2.05, 4.69) is 25.7 Å². The number of amides is 2. The summed E-state index contributed by atoms with van der Waals surface area (Å²) >= 11 is 1.34. The molecule has 2 fully saturated rings. The Balaban J connectivity index is 1.24. The number of nitrogens with one attached hydrogen (secondary N) is 2. The van der Waals surface area contributed by atoms with Gasteiger partial charge < -0.3 is 20.3 Å². The van der Waals surface area contributed by atoms with Gasteiger partial charge in [-0.25, -0.2) is 0 Å². The molecular formula is C23H29N5O3S. The number of aromatic nitrogens is 2. The van der Waals surface area contributed by atoms with Gasteiger partial charge in [-0.1, -0.05) is 11.8 Å². The van der Waals surface area contributed by atoms with Gasteiger partial charge in [-0.3, -0.25) is 9.59 Å². The minimum Gasteiger partial charge on any atom is -0.494 e. The van der Waals surface area contributed by atoms with Crippen LogP contribution in [0.3, 0.4) is 0 Å². The summed E-state index contributed by atoms with van der Waals surface area (Å²) in [5.74, 6) is 1.86. The van der Waals surface area contributed by atoms with Crippen LogP contribution in [0.25, 0.3) is 0 Å². The molecule has 1 aromatic carbocycles. The number of ether oxygens (including phenoxy) is 1. The van der Waals surface area contributed by atoms with Crippen molar-refractivity contribution in [3.8, 4) is 5.75 Å². The fraction of sp³-hybridized carbons (Fsp3) is 0.478. The number of hydrogen-bond donors (Lipinski definition) is 2. The first kappa shape index (κ1) is 22.4. The fourth-order valence-electron chi connectivity index (χ4n) is 3.64. The van der Waals surface area contributed by atoms with Gasteiger partial charge in [0.15, 0.2) is 5.82 Å². The zero-order valence-corrected chi connectivity index (χ0v) is 19.1. The van der Waals surface area contributed by atoms with Crippen molar-refractivity contribution in [1.29, 1.82) is 0 Å². The van der Waals surface area contributed by atoms with Crippen LogP contribution in [0.15, 0.2) is 41.4 Å². The van der Waals surface area contributed by atoms with Crippen molar-refractivity contribution in [2.24, 2.45) is 5.92 Å². The van der Waals surface area contributed by atoms with E-state index in [1.807, 2.05) is 43.3 Å². The average molecular weight is 456 g/mol. The van der Waals surface area contributed by atoms with Gasteiger partial charge in [0.1, 0.15) is 10.8 Å². The quantitative estimate of drug-likeness (QED) is 0.561. The van der Waals surface area contributed by atoms with Crippen LogP contribution >= 0.6 is 11.8 Å². The SMILES string of the molecule is CCOc1ccc(NC(=O)CSc2ccc(N3CCC[C@@H](C(=O)NC4CC4)C3)nn2)cc1. The summed E-state index contributed by atoms with van der Waals surface area (Å²) in [5, 5.41) is 15.3. The van der Waals surface area contributed by atoms with Gasteiger partial charge >= 0.3 is 0 Å². The molecule has 0 bridgehead atoms. The van der Waals surface area contributed by atoms with Crippen molar-refractivity contribution in [2.75, 3.05) is 35.7 Å². The van der Waals surface area contributed by atoms with E-state index >= 15 is 0 Å². The van der Waals surface area contributed by atoms with Crippen LogP contribution in [-0.2, 0) is 9.59 Å². The molecule has 1 atom stereocenters. The maximum atomic E-state index is 12.4. The lowest BCUT2D eigenvalue weighted by Crippen LogP contribution is -2.44. The molecule has 0 radical (unpaired) electrons. The maximum absolute atomic E-state index is 12.4. The van der Waals surface area contributed by atoms with Gasteiger partial charge in [-0.05, 0) is 69.0 Å². The summed E-state index contributed by atoms with van der Waals surface area (Å²) in [7, 11) is 0. The molecule has 4 rings (SSSR count). The Bertz CT molecular complexity index is 918. The van der Waals surface area contributed by atoms with E-state index in [0.29, 0.717) is 24.2 Å². The summed E-state index contributed by atoms with van der Waals surface area (Å²) in [5.41, 5.74) is 0.728. The highest BCUT2D eigenvalue weighted by Crippen LogP contribution is 2.25. The monoisotopic (exact) mass is 455 g/mol. The Morgan fingerprint density at radius 3 is 2.62 bits per heavy atom. The first-order valence-corrected chi connectivity index (χ1v) is 12.1. The predicted molar refractivity (Wildman–Crippen MR) is 125 cm³/mol. The molecule has 170 valence electrons. The molecule has 32 heavy (non-hydrogen) atoms. The molecule has 1 aliphatic heterocycles. The third-order valence-electron chi connectivity index (χ3n) is 5.47. The Kier molecular flexibility index (Phi) is 7.47. The standard InChI is InChI=1S/C23H29N5O3S/c1-2-31-19-9-7-17(8-10-19)24-21(29)15-32-22-12-11-20(26-27-22)28-13-3-4-16(14-28)23(30)25-18-5-6-18/h7-12,16,18H,2-6,13-15H2,1H3,(H,24,29)(H,25,30)/t16-/m1/s1. The van der Waals surface area contributed by atoms with Crippen LogP contribution in [0, 0.1) is 5.92 Å². The number of carbonyl (C=O) groups excluding carboxylic acids is 2. The van der Waals surface area contributed by atoms with Crippen LogP contribution in [0.1, 0.15) is 32.6 Å². The second-order valence-corrected chi connectivity index (χ2v) is 9.09. The van der Waals surface area contributed by atoms with Crippen molar-refractivity contribution in [3.05, 3.63) is 36.4 Å². The van der Waals surface area contributed by atoms with E-state index in [-0.39, 0.29) is 23.5 Å². The molecule has 1 aliphatic carbocycles. The third kappa shape index (κ3) is 6.35. The second kappa shape index (κ2) is 10.7. The van der Waals surface area contributed by atoms with Crippen LogP contribution in [0.2, 0.25) is 0 Å². The van der Waals surface area contributed by atoms with Crippen molar-refractivity contribution in [1.82, 2.24) is 15.5 Å². The fourth-order valence-corrected chi connectivity index (χ4v) is 4.26. The molecule has 0 spiro atoms. The van der Waals surface area contributed by atoms with Gasteiger partial charge in [0.05, 0.1) is 18.3 Å². The van der Waals surface area contributed by atoms with E-state index in [1.54, 1.807) is 0 Å². The minimum absolute atomic E-state index is 0.00602. The Labute approximate surface area is 192 Å². The molecule has 0 unspecified atom stereocenters. The van der Waals surface area contributed by atoms with Crippen molar-refractivity contribution in [3.63, 3.8) is 0 Å². The number of benzene rings is 1. The molecular weight excluding hydrogens is 426 g/mol. The van der Waals surface area contributed by atoms with E-state index in [1.165, 1.54) is 11.8 Å². The zero-order valence-electron chi connectivity index (χ0n) is 18.3. The predicted octanol–water partition coefficient (Wildman–Crippen LogP) is 3.10. The van der Waals surface area contributed by atoms with Crippen LogP contribution in [0.5, 0.6) is 5.75 Å².